The summed E-state index contributed by atoms with van der Waals surface area (Å²) in [4.78, 5) is 24.5. The van der Waals surface area contributed by atoms with Gasteiger partial charge in [-0.25, -0.2) is 4.79 Å². The van der Waals surface area contributed by atoms with Crippen LogP contribution in [-0.2, 0) is 11.3 Å². The maximum absolute atomic E-state index is 12.7. The van der Waals surface area contributed by atoms with E-state index in [4.69, 9.17) is 21.1 Å². The second-order valence-electron chi connectivity index (χ2n) is 4.85. The smallest absolute Gasteiger partial charge is 0.338 e. The molecule has 1 aliphatic heterocycles. The van der Waals surface area contributed by atoms with E-state index in [9.17, 15) is 9.59 Å². The highest BCUT2D eigenvalue weighted by atomic mass is 35.5. The SMILES string of the molecule is CCOC(=O)c1ccc2c(c1)C(=O)c1ccc(Cl)cc1OC2. The van der Waals surface area contributed by atoms with Crippen LogP contribution in [0.5, 0.6) is 5.75 Å². The van der Waals surface area contributed by atoms with Gasteiger partial charge in [0.1, 0.15) is 12.4 Å². The summed E-state index contributed by atoms with van der Waals surface area (Å²) < 4.78 is 10.6. The summed E-state index contributed by atoms with van der Waals surface area (Å²) in [7, 11) is 0. The lowest BCUT2D eigenvalue weighted by Crippen LogP contribution is -2.09. The van der Waals surface area contributed by atoms with Crippen LogP contribution in [0.3, 0.4) is 0 Å². The van der Waals surface area contributed by atoms with Gasteiger partial charge < -0.3 is 9.47 Å². The van der Waals surface area contributed by atoms with Gasteiger partial charge in [-0.05, 0) is 37.3 Å². The molecule has 0 unspecified atom stereocenters. The number of esters is 1. The summed E-state index contributed by atoms with van der Waals surface area (Å²) in [6.45, 7) is 2.27. The fourth-order valence-electron chi connectivity index (χ4n) is 2.36. The molecule has 1 heterocycles. The fraction of sp³-hybridized carbons (Fsp3) is 0.176. The van der Waals surface area contributed by atoms with E-state index in [-0.39, 0.29) is 19.0 Å². The van der Waals surface area contributed by atoms with Gasteiger partial charge in [-0.15, -0.1) is 0 Å². The Balaban J connectivity index is 2.07. The number of ketones is 1. The lowest BCUT2D eigenvalue weighted by atomic mass is 9.97. The molecule has 0 radical (unpaired) electrons. The van der Waals surface area contributed by atoms with Gasteiger partial charge in [0, 0.05) is 16.1 Å². The monoisotopic (exact) mass is 316 g/mol. The molecule has 112 valence electrons. The van der Waals surface area contributed by atoms with Crippen LogP contribution in [-0.4, -0.2) is 18.4 Å². The maximum Gasteiger partial charge on any atom is 0.338 e. The average molecular weight is 317 g/mol. The van der Waals surface area contributed by atoms with Gasteiger partial charge in [0.2, 0.25) is 0 Å². The molecule has 0 aromatic heterocycles. The normalized spacial score (nSPS) is 12.7. The molecule has 0 atom stereocenters. The Morgan fingerprint density at radius 2 is 2.05 bits per heavy atom. The Labute approximate surface area is 132 Å². The molecule has 22 heavy (non-hydrogen) atoms. The van der Waals surface area contributed by atoms with Crippen molar-refractivity contribution in [1.29, 1.82) is 0 Å². The Morgan fingerprint density at radius 3 is 2.82 bits per heavy atom. The van der Waals surface area contributed by atoms with Crippen LogP contribution in [0.4, 0.5) is 0 Å². The van der Waals surface area contributed by atoms with Crippen molar-refractivity contribution in [3.05, 3.63) is 63.7 Å². The molecule has 0 fully saturated rings. The topological polar surface area (TPSA) is 52.6 Å². The fourth-order valence-corrected chi connectivity index (χ4v) is 2.52. The first-order valence-corrected chi connectivity index (χ1v) is 7.25. The molecule has 4 nitrogen and oxygen atoms in total. The number of hydrogen-bond acceptors (Lipinski definition) is 4. The molecule has 5 heteroatoms. The molecule has 2 aromatic carbocycles. The predicted octanol–water partition coefficient (Wildman–Crippen LogP) is 3.64. The standard InChI is InChI=1S/C17H13ClO4/c1-2-21-17(20)10-3-4-11-9-22-15-8-12(18)5-6-13(15)16(19)14(11)7-10/h3-8H,2,9H2,1H3. The molecule has 0 bridgehead atoms. The third-order valence-corrected chi connectivity index (χ3v) is 3.67. The molecule has 1 aliphatic rings. The Kier molecular flexibility index (Phi) is 3.86. The lowest BCUT2D eigenvalue weighted by Gasteiger charge is -2.07. The van der Waals surface area contributed by atoms with Crippen LogP contribution >= 0.6 is 11.6 Å². The summed E-state index contributed by atoms with van der Waals surface area (Å²) in [6.07, 6.45) is 0. The molecule has 0 N–H and O–H groups in total. The first kappa shape index (κ1) is 14.6. The van der Waals surface area contributed by atoms with Gasteiger partial charge in [-0.3, -0.25) is 4.79 Å². The van der Waals surface area contributed by atoms with E-state index >= 15 is 0 Å². The highest BCUT2D eigenvalue weighted by molar-refractivity contribution is 6.31. The highest BCUT2D eigenvalue weighted by Crippen LogP contribution is 2.31. The van der Waals surface area contributed by atoms with Crippen molar-refractivity contribution in [1.82, 2.24) is 0 Å². The Bertz CT molecular complexity index is 767. The minimum absolute atomic E-state index is 0.190. The van der Waals surface area contributed by atoms with Gasteiger partial charge in [0.25, 0.3) is 0 Å². The summed E-state index contributed by atoms with van der Waals surface area (Å²) in [6, 6.07) is 9.80. The molecule has 0 spiro atoms. The summed E-state index contributed by atoms with van der Waals surface area (Å²) in [5.41, 5.74) is 1.97. The van der Waals surface area contributed by atoms with E-state index in [2.05, 4.69) is 0 Å². The predicted molar refractivity (Wildman–Crippen MR) is 81.6 cm³/mol. The minimum atomic E-state index is -0.445. The van der Waals surface area contributed by atoms with Crippen molar-refractivity contribution >= 4 is 23.4 Å². The number of hydrogen-bond donors (Lipinski definition) is 0. The number of benzene rings is 2. The molecule has 0 saturated carbocycles. The van der Waals surface area contributed by atoms with E-state index in [0.29, 0.717) is 27.5 Å². The molecule has 0 saturated heterocycles. The zero-order valence-electron chi connectivity index (χ0n) is 11.9. The van der Waals surface area contributed by atoms with E-state index in [0.717, 1.165) is 5.56 Å². The number of carbonyl (C=O) groups excluding carboxylic acids is 2. The highest BCUT2D eigenvalue weighted by Gasteiger charge is 2.23. The first-order valence-electron chi connectivity index (χ1n) is 6.87. The van der Waals surface area contributed by atoms with E-state index in [1.165, 1.54) is 0 Å². The van der Waals surface area contributed by atoms with E-state index in [1.807, 2.05) is 0 Å². The van der Waals surface area contributed by atoms with Crippen molar-refractivity contribution in [3.63, 3.8) is 0 Å². The maximum atomic E-state index is 12.7. The number of fused-ring (bicyclic) bond motifs is 2. The van der Waals surface area contributed by atoms with Crippen molar-refractivity contribution < 1.29 is 19.1 Å². The molecular weight excluding hydrogens is 304 g/mol. The minimum Gasteiger partial charge on any atom is -0.488 e. The van der Waals surface area contributed by atoms with Crippen LogP contribution in [0, 0.1) is 0 Å². The van der Waals surface area contributed by atoms with Crippen LogP contribution < -0.4 is 4.74 Å². The Morgan fingerprint density at radius 1 is 1.23 bits per heavy atom. The van der Waals surface area contributed by atoms with Gasteiger partial charge in [0.15, 0.2) is 5.78 Å². The van der Waals surface area contributed by atoms with Crippen molar-refractivity contribution in [2.75, 3.05) is 6.61 Å². The van der Waals surface area contributed by atoms with E-state index in [1.54, 1.807) is 43.3 Å². The second kappa shape index (κ2) is 5.81. The number of carbonyl (C=O) groups is 2. The first-order chi connectivity index (χ1) is 10.6. The second-order valence-corrected chi connectivity index (χ2v) is 5.29. The molecule has 0 aliphatic carbocycles. The van der Waals surface area contributed by atoms with Crippen molar-refractivity contribution in [2.24, 2.45) is 0 Å². The summed E-state index contributed by atoms with van der Waals surface area (Å²) in [5.74, 6) is -0.184. The quantitative estimate of drug-likeness (QED) is 0.794. The zero-order valence-corrected chi connectivity index (χ0v) is 12.6. The molecule has 3 rings (SSSR count). The molecule has 0 amide bonds. The number of halogens is 1. The van der Waals surface area contributed by atoms with Crippen LogP contribution in [0.2, 0.25) is 5.02 Å². The largest absolute Gasteiger partial charge is 0.488 e. The summed E-state index contributed by atoms with van der Waals surface area (Å²) in [5, 5.41) is 0.504. The number of ether oxygens (including phenoxy) is 2. The van der Waals surface area contributed by atoms with Gasteiger partial charge in [-0.1, -0.05) is 17.7 Å². The zero-order chi connectivity index (χ0) is 15.7. The lowest BCUT2D eigenvalue weighted by molar-refractivity contribution is 0.0526. The van der Waals surface area contributed by atoms with Gasteiger partial charge in [-0.2, -0.15) is 0 Å². The summed E-state index contributed by atoms with van der Waals surface area (Å²) >= 11 is 5.94. The molecular formula is C17H13ClO4. The molecule has 2 aromatic rings. The van der Waals surface area contributed by atoms with Crippen molar-refractivity contribution in [2.45, 2.75) is 13.5 Å². The van der Waals surface area contributed by atoms with Crippen LogP contribution in [0.1, 0.15) is 38.8 Å². The average Bonchev–Trinajstić information content (AvgIpc) is 2.65. The van der Waals surface area contributed by atoms with Crippen LogP contribution in [0.25, 0.3) is 0 Å². The van der Waals surface area contributed by atoms with E-state index < -0.39 is 5.97 Å². The van der Waals surface area contributed by atoms with Gasteiger partial charge in [0.05, 0.1) is 17.7 Å². The third-order valence-electron chi connectivity index (χ3n) is 3.44. The Hall–Kier alpha value is -2.33. The van der Waals surface area contributed by atoms with Crippen molar-refractivity contribution in [3.8, 4) is 5.75 Å². The third kappa shape index (κ3) is 2.57. The van der Waals surface area contributed by atoms with Crippen LogP contribution in [0.15, 0.2) is 36.4 Å². The van der Waals surface area contributed by atoms with Gasteiger partial charge >= 0.3 is 5.97 Å². The number of rotatable bonds is 2.